The molecule has 1 heterocycles. The summed E-state index contributed by atoms with van der Waals surface area (Å²) >= 11 is 0. The van der Waals surface area contributed by atoms with E-state index in [1.807, 2.05) is 25.1 Å². The van der Waals surface area contributed by atoms with Crippen LogP contribution in [0.2, 0.25) is 0 Å². The topological polar surface area (TPSA) is 12.5 Å². The van der Waals surface area contributed by atoms with Crippen molar-refractivity contribution in [2.45, 2.75) is 76.2 Å². The number of rotatable bonds is 6. The summed E-state index contributed by atoms with van der Waals surface area (Å²) < 4.78 is 49.4. The average molecular weight is 481 g/mol. The summed E-state index contributed by atoms with van der Waals surface area (Å²) in [4.78, 5) is 0. The molecule has 5 rings (SSSR count). The van der Waals surface area contributed by atoms with E-state index in [2.05, 4.69) is 12.2 Å². The Hall–Kier alpha value is -2.33. The molecule has 2 aliphatic carbocycles. The van der Waals surface area contributed by atoms with E-state index in [0.29, 0.717) is 41.1 Å². The van der Waals surface area contributed by atoms with Crippen molar-refractivity contribution in [3.8, 4) is 0 Å². The van der Waals surface area contributed by atoms with Gasteiger partial charge >= 0.3 is 0 Å². The lowest BCUT2D eigenvalue weighted by Crippen LogP contribution is -2.14. The highest BCUT2D eigenvalue weighted by Crippen LogP contribution is 2.40. The minimum absolute atomic E-state index is 0.0672. The standard InChI is InChI=1S/C31H35F3O/c1-2-3-20-6-11-23(12-7-20)26-16-14-24(30(33)31(26)34)13-8-21-4-9-22(10-5-21)25-15-17-27(28(32)18-25)29-19-35-29/h2-3,8,13-18,20-23,29H,4-7,9-12,19H2,1H3/b3-2+,13-8+. The van der Waals surface area contributed by atoms with Crippen LogP contribution in [0.15, 0.2) is 48.6 Å². The largest absolute Gasteiger partial charge is 0.368 e. The summed E-state index contributed by atoms with van der Waals surface area (Å²) in [5.74, 6) is -0.212. The van der Waals surface area contributed by atoms with E-state index in [-0.39, 0.29) is 17.8 Å². The second kappa shape index (κ2) is 10.7. The molecule has 2 aromatic rings. The Bertz CT molecular complexity index is 1080. The van der Waals surface area contributed by atoms with Gasteiger partial charge in [-0.1, -0.05) is 48.6 Å². The van der Waals surface area contributed by atoms with Crippen LogP contribution in [0.4, 0.5) is 13.2 Å². The van der Waals surface area contributed by atoms with Crippen molar-refractivity contribution in [3.05, 3.63) is 88.3 Å². The average Bonchev–Trinajstić information content (AvgIpc) is 3.71. The fourth-order valence-corrected chi connectivity index (χ4v) is 6.09. The van der Waals surface area contributed by atoms with Crippen LogP contribution < -0.4 is 0 Å². The molecule has 1 saturated heterocycles. The first-order valence-electron chi connectivity index (χ1n) is 13.2. The maximum atomic E-state index is 14.9. The molecule has 2 aromatic carbocycles. The maximum Gasteiger partial charge on any atom is 0.166 e. The fourth-order valence-electron chi connectivity index (χ4n) is 6.09. The van der Waals surface area contributed by atoms with Crippen molar-refractivity contribution in [1.29, 1.82) is 0 Å². The molecule has 3 aliphatic rings. The molecule has 4 heteroatoms. The molecule has 0 bridgehead atoms. The molecule has 0 N–H and O–H groups in total. The van der Waals surface area contributed by atoms with Gasteiger partial charge in [0, 0.05) is 11.1 Å². The van der Waals surface area contributed by atoms with Crippen LogP contribution in [-0.2, 0) is 4.74 Å². The molecular weight excluding hydrogens is 445 g/mol. The Morgan fingerprint density at radius 2 is 1.37 bits per heavy atom. The van der Waals surface area contributed by atoms with Gasteiger partial charge < -0.3 is 4.74 Å². The second-order valence-electron chi connectivity index (χ2n) is 10.6. The number of hydrogen-bond donors (Lipinski definition) is 0. The SMILES string of the molecule is C/C=C/C1CCC(c2ccc(/C=C/C3CCC(c4ccc(C5CO5)c(F)c4)CC3)c(F)c2F)CC1. The van der Waals surface area contributed by atoms with E-state index in [9.17, 15) is 13.2 Å². The summed E-state index contributed by atoms with van der Waals surface area (Å²) in [7, 11) is 0. The molecule has 1 unspecified atom stereocenters. The molecule has 1 nitrogen and oxygen atoms in total. The summed E-state index contributed by atoms with van der Waals surface area (Å²) in [5, 5.41) is 0. The van der Waals surface area contributed by atoms with Gasteiger partial charge in [0.05, 0.1) is 6.61 Å². The number of epoxide rings is 1. The number of ether oxygens (including phenoxy) is 1. The van der Waals surface area contributed by atoms with E-state index in [1.165, 1.54) is 0 Å². The minimum atomic E-state index is -0.724. The normalized spacial score (nSPS) is 29.2. The predicted molar refractivity (Wildman–Crippen MR) is 135 cm³/mol. The van der Waals surface area contributed by atoms with Crippen LogP contribution in [0.3, 0.4) is 0 Å². The van der Waals surface area contributed by atoms with E-state index in [0.717, 1.165) is 56.9 Å². The highest BCUT2D eigenvalue weighted by molar-refractivity contribution is 5.52. The number of allylic oxidation sites excluding steroid dienone is 3. The first-order valence-corrected chi connectivity index (χ1v) is 13.2. The van der Waals surface area contributed by atoms with Crippen LogP contribution in [0, 0.1) is 29.3 Å². The molecule has 35 heavy (non-hydrogen) atoms. The summed E-state index contributed by atoms with van der Waals surface area (Å²) in [6.45, 7) is 2.64. The van der Waals surface area contributed by atoms with E-state index in [1.54, 1.807) is 24.3 Å². The molecule has 2 saturated carbocycles. The van der Waals surface area contributed by atoms with Gasteiger partial charge in [0.2, 0.25) is 0 Å². The van der Waals surface area contributed by atoms with Crippen LogP contribution in [0.5, 0.6) is 0 Å². The third kappa shape index (κ3) is 5.58. The van der Waals surface area contributed by atoms with Crippen molar-refractivity contribution in [2.75, 3.05) is 6.61 Å². The van der Waals surface area contributed by atoms with Gasteiger partial charge in [0.25, 0.3) is 0 Å². The lowest BCUT2D eigenvalue weighted by molar-refractivity contribution is 0.363. The third-order valence-electron chi connectivity index (χ3n) is 8.31. The van der Waals surface area contributed by atoms with Crippen molar-refractivity contribution in [1.82, 2.24) is 0 Å². The Morgan fingerprint density at radius 3 is 2.00 bits per heavy atom. The molecule has 1 aliphatic heterocycles. The zero-order chi connectivity index (χ0) is 24.4. The Balaban J connectivity index is 1.17. The second-order valence-corrected chi connectivity index (χ2v) is 10.6. The molecule has 0 aromatic heterocycles. The Morgan fingerprint density at radius 1 is 0.743 bits per heavy atom. The van der Waals surface area contributed by atoms with Crippen LogP contribution >= 0.6 is 0 Å². The Kier molecular flexibility index (Phi) is 7.48. The molecular formula is C31H35F3O. The molecule has 186 valence electrons. The fraction of sp³-hybridized carbons (Fsp3) is 0.484. The summed E-state index contributed by atoms with van der Waals surface area (Å²) in [6, 6.07) is 9.10. The smallest absolute Gasteiger partial charge is 0.166 e. The summed E-state index contributed by atoms with van der Waals surface area (Å²) in [6.07, 6.45) is 15.8. The molecule has 0 spiro atoms. The first kappa shape index (κ1) is 24.4. The Labute approximate surface area is 207 Å². The number of hydrogen-bond acceptors (Lipinski definition) is 1. The van der Waals surface area contributed by atoms with Crippen LogP contribution in [0.25, 0.3) is 6.08 Å². The van der Waals surface area contributed by atoms with Crippen molar-refractivity contribution in [2.24, 2.45) is 11.8 Å². The van der Waals surface area contributed by atoms with Crippen molar-refractivity contribution >= 4 is 6.08 Å². The highest BCUT2D eigenvalue weighted by Gasteiger charge is 2.29. The van der Waals surface area contributed by atoms with Crippen molar-refractivity contribution in [3.63, 3.8) is 0 Å². The predicted octanol–water partition coefficient (Wildman–Crippen LogP) is 9.01. The first-order chi connectivity index (χ1) is 17.0. The number of benzene rings is 2. The zero-order valence-corrected chi connectivity index (χ0v) is 20.5. The zero-order valence-electron chi connectivity index (χ0n) is 20.5. The monoisotopic (exact) mass is 480 g/mol. The van der Waals surface area contributed by atoms with E-state index >= 15 is 0 Å². The minimum Gasteiger partial charge on any atom is -0.368 e. The van der Waals surface area contributed by atoms with E-state index < -0.39 is 11.6 Å². The third-order valence-corrected chi connectivity index (χ3v) is 8.31. The molecule has 1 atom stereocenters. The lowest BCUT2D eigenvalue weighted by Gasteiger charge is -2.28. The summed E-state index contributed by atoms with van der Waals surface area (Å²) in [5.41, 5.74) is 2.58. The molecule has 0 amide bonds. The van der Waals surface area contributed by atoms with Crippen molar-refractivity contribution < 1.29 is 17.9 Å². The van der Waals surface area contributed by atoms with Gasteiger partial charge in [-0.3, -0.25) is 0 Å². The van der Waals surface area contributed by atoms with Gasteiger partial charge in [-0.05, 0) is 99.2 Å². The molecule has 0 radical (unpaired) electrons. The van der Waals surface area contributed by atoms with Gasteiger partial charge in [0.15, 0.2) is 11.6 Å². The van der Waals surface area contributed by atoms with Crippen LogP contribution in [-0.4, -0.2) is 6.61 Å². The van der Waals surface area contributed by atoms with Gasteiger partial charge in [-0.15, -0.1) is 0 Å². The van der Waals surface area contributed by atoms with Gasteiger partial charge in [-0.2, -0.15) is 0 Å². The highest BCUT2D eigenvalue weighted by atomic mass is 19.2. The van der Waals surface area contributed by atoms with Crippen LogP contribution in [0.1, 0.15) is 98.5 Å². The molecule has 3 fully saturated rings. The van der Waals surface area contributed by atoms with E-state index in [4.69, 9.17) is 4.74 Å². The lowest BCUT2D eigenvalue weighted by atomic mass is 9.78. The van der Waals surface area contributed by atoms with Gasteiger partial charge in [-0.25, -0.2) is 13.2 Å². The van der Waals surface area contributed by atoms with Gasteiger partial charge in [0.1, 0.15) is 11.9 Å². The quantitative estimate of drug-likeness (QED) is 0.297. The maximum absolute atomic E-state index is 14.9. The number of halogens is 3.